The molecule has 0 aliphatic heterocycles. The summed E-state index contributed by atoms with van der Waals surface area (Å²) in [5.41, 5.74) is 3.66. The van der Waals surface area contributed by atoms with Gasteiger partial charge in [0.2, 0.25) is 0 Å². The van der Waals surface area contributed by atoms with Crippen LogP contribution in [-0.2, 0) is 6.54 Å². The Balaban J connectivity index is 1.75. The van der Waals surface area contributed by atoms with Gasteiger partial charge in [-0.2, -0.15) is 5.26 Å². The molecule has 0 aliphatic carbocycles. The quantitative estimate of drug-likeness (QED) is 0.727. The van der Waals surface area contributed by atoms with Crippen LogP contribution in [0.4, 0.5) is 0 Å². The highest BCUT2D eigenvalue weighted by Crippen LogP contribution is 2.10. The van der Waals surface area contributed by atoms with E-state index in [1.165, 1.54) is 0 Å². The lowest BCUT2D eigenvalue weighted by Gasteiger charge is -1.97. The maximum Gasteiger partial charge on any atom is 0.113 e. The molecule has 0 aliphatic rings. The summed E-state index contributed by atoms with van der Waals surface area (Å²) in [7, 11) is 0. The Kier molecular flexibility index (Phi) is 3.25. The predicted molar refractivity (Wildman–Crippen MR) is 77.7 cm³/mol. The van der Waals surface area contributed by atoms with Crippen LogP contribution in [-0.4, -0.2) is 15.0 Å². The fraction of sp³-hybridized carbons (Fsp3) is 0.0625. The van der Waals surface area contributed by atoms with Crippen molar-refractivity contribution in [3.05, 3.63) is 65.7 Å². The molecule has 0 bridgehead atoms. The second-order valence-corrected chi connectivity index (χ2v) is 4.40. The van der Waals surface area contributed by atoms with Crippen molar-refractivity contribution in [2.45, 2.75) is 6.54 Å². The van der Waals surface area contributed by atoms with Crippen molar-refractivity contribution in [3.63, 3.8) is 0 Å². The second kappa shape index (κ2) is 5.37. The van der Waals surface area contributed by atoms with Gasteiger partial charge in [-0.05, 0) is 29.8 Å². The van der Waals surface area contributed by atoms with E-state index in [4.69, 9.17) is 5.26 Å². The third-order valence-electron chi connectivity index (χ3n) is 3.05. The number of aromatic nitrogens is 3. The average Bonchev–Trinajstić information content (AvgIpc) is 2.92. The van der Waals surface area contributed by atoms with Crippen LogP contribution < -0.4 is 0 Å². The summed E-state index contributed by atoms with van der Waals surface area (Å²) >= 11 is 0. The molecule has 0 amide bonds. The molecule has 20 heavy (non-hydrogen) atoms. The first-order valence-electron chi connectivity index (χ1n) is 6.32. The highest BCUT2D eigenvalue weighted by atomic mass is 15.4. The monoisotopic (exact) mass is 260 g/mol. The smallest absolute Gasteiger partial charge is 0.113 e. The van der Waals surface area contributed by atoms with Crippen molar-refractivity contribution in [1.82, 2.24) is 15.0 Å². The zero-order valence-corrected chi connectivity index (χ0v) is 10.8. The SMILES string of the molecule is N#Cc1ccc(C=CCn2nnc3ccccc32)cc1. The minimum atomic E-state index is 0.667. The maximum atomic E-state index is 8.74. The predicted octanol–water partition coefficient (Wildman–Crippen LogP) is 3.02. The lowest BCUT2D eigenvalue weighted by Crippen LogP contribution is -1.97. The molecular formula is C16H12N4. The van der Waals surface area contributed by atoms with E-state index in [0.29, 0.717) is 12.1 Å². The Morgan fingerprint density at radius 2 is 1.90 bits per heavy atom. The molecule has 0 fully saturated rings. The highest BCUT2D eigenvalue weighted by molar-refractivity contribution is 5.73. The van der Waals surface area contributed by atoms with Crippen molar-refractivity contribution < 1.29 is 0 Å². The van der Waals surface area contributed by atoms with Gasteiger partial charge in [0.15, 0.2) is 0 Å². The molecule has 0 N–H and O–H groups in total. The summed E-state index contributed by atoms with van der Waals surface area (Å²) in [6.45, 7) is 0.667. The van der Waals surface area contributed by atoms with Gasteiger partial charge in [-0.1, -0.05) is 41.6 Å². The number of hydrogen-bond acceptors (Lipinski definition) is 3. The number of benzene rings is 2. The van der Waals surface area contributed by atoms with Gasteiger partial charge in [-0.3, -0.25) is 0 Å². The van der Waals surface area contributed by atoms with Crippen LogP contribution in [0.1, 0.15) is 11.1 Å². The summed E-state index contributed by atoms with van der Waals surface area (Å²) < 4.78 is 1.86. The number of allylic oxidation sites excluding steroid dienone is 1. The summed E-state index contributed by atoms with van der Waals surface area (Å²) in [5, 5.41) is 17.0. The zero-order valence-electron chi connectivity index (χ0n) is 10.8. The molecule has 1 heterocycles. The van der Waals surface area contributed by atoms with Gasteiger partial charge in [0, 0.05) is 0 Å². The van der Waals surface area contributed by atoms with E-state index in [-0.39, 0.29) is 0 Å². The van der Waals surface area contributed by atoms with E-state index in [9.17, 15) is 0 Å². The van der Waals surface area contributed by atoms with E-state index < -0.39 is 0 Å². The number of fused-ring (bicyclic) bond motifs is 1. The van der Waals surface area contributed by atoms with Gasteiger partial charge in [-0.15, -0.1) is 5.10 Å². The fourth-order valence-electron chi connectivity index (χ4n) is 2.01. The average molecular weight is 260 g/mol. The first-order valence-corrected chi connectivity index (χ1v) is 6.32. The maximum absolute atomic E-state index is 8.74. The van der Waals surface area contributed by atoms with E-state index >= 15 is 0 Å². The molecule has 1 aromatic heterocycles. The Hall–Kier alpha value is -2.93. The number of para-hydroxylation sites is 1. The van der Waals surface area contributed by atoms with Crippen LogP contribution in [0, 0.1) is 11.3 Å². The second-order valence-electron chi connectivity index (χ2n) is 4.40. The number of hydrogen-bond donors (Lipinski definition) is 0. The normalized spacial score (nSPS) is 10.9. The summed E-state index contributed by atoms with van der Waals surface area (Å²) in [6.07, 6.45) is 4.04. The van der Waals surface area contributed by atoms with Crippen molar-refractivity contribution in [1.29, 1.82) is 5.26 Å². The van der Waals surface area contributed by atoms with Gasteiger partial charge in [0.1, 0.15) is 5.52 Å². The van der Waals surface area contributed by atoms with E-state index in [0.717, 1.165) is 16.6 Å². The van der Waals surface area contributed by atoms with Crippen molar-refractivity contribution >= 4 is 17.1 Å². The first kappa shape index (κ1) is 12.1. The topological polar surface area (TPSA) is 54.5 Å². The molecule has 4 nitrogen and oxygen atoms in total. The van der Waals surface area contributed by atoms with Gasteiger partial charge in [0.05, 0.1) is 23.7 Å². The molecule has 2 aromatic carbocycles. The van der Waals surface area contributed by atoms with Crippen LogP contribution in [0.5, 0.6) is 0 Å². The molecular weight excluding hydrogens is 248 g/mol. The lowest BCUT2D eigenvalue weighted by atomic mass is 10.1. The molecule has 0 saturated carbocycles. The molecule has 3 rings (SSSR count). The highest BCUT2D eigenvalue weighted by Gasteiger charge is 2.00. The van der Waals surface area contributed by atoms with Crippen LogP contribution in [0.25, 0.3) is 17.1 Å². The molecule has 3 aromatic rings. The minimum absolute atomic E-state index is 0.667. The van der Waals surface area contributed by atoms with Gasteiger partial charge >= 0.3 is 0 Å². The Labute approximate surface area is 116 Å². The minimum Gasteiger partial charge on any atom is -0.241 e. The molecule has 0 unspecified atom stereocenters. The van der Waals surface area contributed by atoms with E-state index in [1.807, 2.05) is 65.4 Å². The number of rotatable bonds is 3. The van der Waals surface area contributed by atoms with Gasteiger partial charge < -0.3 is 0 Å². The van der Waals surface area contributed by atoms with Crippen molar-refractivity contribution in [2.75, 3.05) is 0 Å². The van der Waals surface area contributed by atoms with Crippen LogP contribution >= 0.6 is 0 Å². The zero-order chi connectivity index (χ0) is 13.8. The third-order valence-corrected chi connectivity index (χ3v) is 3.05. The number of nitriles is 1. The molecule has 96 valence electrons. The Morgan fingerprint density at radius 1 is 1.10 bits per heavy atom. The van der Waals surface area contributed by atoms with Crippen molar-refractivity contribution in [3.8, 4) is 6.07 Å². The van der Waals surface area contributed by atoms with Gasteiger partial charge in [-0.25, -0.2) is 4.68 Å². The largest absolute Gasteiger partial charge is 0.241 e. The number of nitrogens with zero attached hydrogens (tertiary/aromatic N) is 4. The molecule has 4 heteroatoms. The first-order chi connectivity index (χ1) is 9.86. The van der Waals surface area contributed by atoms with Crippen LogP contribution in [0.3, 0.4) is 0 Å². The Bertz CT molecular complexity index is 791. The standard InChI is InChI=1S/C16H12N4/c17-12-14-9-7-13(8-10-14)4-3-11-20-16-6-2-1-5-15(16)18-19-20/h1-10H,11H2. The summed E-state index contributed by atoms with van der Waals surface area (Å²) in [6, 6.07) is 17.5. The fourth-order valence-corrected chi connectivity index (χ4v) is 2.01. The van der Waals surface area contributed by atoms with Crippen LogP contribution in [0.2, 0.25) is 0 Å². The molecule has 0 spiro atoms. The Morgan fingerprint density at radius 3 is 2.70 bits per heavy atom. The lowest BCUT2D eigenvalue weighted by molar-refractivity contribution is 0.683. The van der Waals surface area contributed by atoms with E-state index in [2.05, 4.69) is 16.4 Å². The molecule has 0 radical (unpaired) electrons. The molecule has 0 atom stereocenters. The van der Waals surface area contributed by atoms with Crippen LogP contribution in [0.15, 0.2) is 54.6 Å². The van der Waals surface area contributed by atoms with E-state index in [1.54, 1.807) is 0 Å². The van der Waals surface area contributed by atoms with Crippen molar-refractivity contribution in [2.24, 2.45) is 0 Å². The summed E-state index contributed by atoms with van der Waals surface area (Å²) in [4.78, 5) is 0. The molecule has 0 saturated heterocycles. The third kappa shape index (κ3) is 2.43. The summed E-state index contributed by atoms with van der Waals surface area (Å²) in [5.74, 6) is 0. The van der Waals surface area contributed by atoms with Gasteiger partial charge in [0.25, 0.3) is 0 Å².